The molecule has 0 rings (SSSR count). The molecule has 0 aliphatic rings. The predicted molar refractivity (Wildman–Crippen MR) is 335 cm³/mol. The third kappa shape index (κ3) is 60.5. The molecule has 0 saturated heterocycles. The minimum absolute atomic E-state index is 0.109. The second-order valence-electron chi connectivity index (χ2n) is 21.6. The van der Waals surface area contributed by atoms with Gasteiger partial charge in [-0.3, -0.25) is 32.5 Å². The van der Waals surface area contributed by atoms with Crippen LogP contribution in [0.3, 0.4) is 0 Å². The lowest BCUT2D eigenvalue weighted by Crippen LogP contribution is -2.30. The third-order valence-corrected chi connectivity index (χ3v) is 15.3. The molecule has 0 aliphatic heterocycles. The second-order valence-corrected chi connectivity index (χ2v) is 24.5. The number of hydrogen-bond donors (Lipinski definition) is 4. The van der Waals surface area contributed by atoms with E-state index in [-0.39, 0.29) is 19.3 Å². The molecule has 5 unspecified atom stereocenters. The van der Waals surface area contributed by atoms with Gasteiger partial charge in [-0.1, -0.05) is 248 Å². The van der Waals surface area contributed by atoms with Crippen molar-refractivity contribution in [2.45, 2.75) is 283 Å². The van der Waals surface area contributed by atoms with Gasteiger partial charge in [-0.15, -0.1) is 0 Å². The zero-order chi connectivity index (χ0) is 61.0. The summed E-state index contributed by atoms with van der Waals surface area (Å²) in [6.45, 7) is 2.50. The van der Waals surface area contributed by atoms with Crippen LogP contribution in [-0.2, 0) is 55.8 Å². The minimum atomic E-state index is -4.91. The number of aliphatic hydroxyl groups is 2. The van der Waals surface area contributed by atoms with Gasteiger partial charge in [0.1, 0.15) is 25.4 Å². The van der Waals surface area contributed by atoms with Crippen molar-refractivity contribution >= 4 is 33.6 Å². The van der Waals surface area contributed by atoms with E-state index < -0.39 is 91.5 Å². The lowest BCUT2D eigenvalue weighted by Gasteiger charge is -2.21. The molecule has 482 valence electrons. The number of carbonyl (C=O) groups is 3. The van der Waals surface area contributed by atoms with Gasteiger partial charge in [0.05, 0.1) is 26.4 Å². The van der Waals surface area contributed by atoms with Gasteiger partial charge in [-0.25, -0.2) is 9.13 Å². The third-order valence-electron chi connectivity index (χ3n) is 13.4. The number of unbranched alkanes of at least 4 members (excludes halogenated alkanes) is 26. The van der Waals surface area contributed by atoms with Crippen molar-refractivity contribution in [3.8, 4) is 0 Å². The highest BCUT2D eigenvalue weighted by atomic mass is 31.2. The maximum atomic E-state index is 12.8. The number of allylic oxidation sites excluding steroid dienone is 12. The Balaban J connectivity index is 4.60. The number of rotatable bonds is 61. The van der Waals surface area contributed by atoms with E-state index in [4.69, 9.17) is 32.3 Å². The number of ether oxygens (including phenoxy) is 3. The van der Waals surface area contributed by atoms with Crippen molar-refractivity contribution in [2.75, 3.05) is 39.6 Å². The van der Waals surface area contributed by atoms with Crippen LogP contribution in [0.4, 0.5) is 0 Å². The first-order valence-electron chi connectivity index (χ1n) is 32.2. The van der Waals surface area contributed by atoms with E-state index in [2.05, 4.69) is 93.7 Å². The highest BCUT2D eigenvalue weighted by Crippen LogP contribution is 2.45. The average Bonchev–Trinajstić information content (AvgIpc) is 3.46. The normalized spacial score (nSPS) is 14.8. The van der Waals surface area contributed by atoms with Gasteiger partial charge < -0.3 is 34.2 Å². The molecule has 0 aromatic rings. The molecule has 83 heavy (non-hydrogen) atoms. The van der Waals surface area contributed by atoms with Gasteiger partial charge in [0.25, 0.3) is 0 Å². The highest BCUT2D eigenvalue weighted by molar-refractivity contribution is 7.47. The van der Waals surface area contributed by atoms with Crippen LogP contribution in [0.2, 0.25) is 0 Å². The van der Waals surface area contributed by atoms with E-state index >= 15 is 0 Å². The lowest BCUT2D eigenvalue weighted by atomic mass is 10.0. The van der Waals surface area contributed by atoms with E-state index in [9.17, 15) is 43.5 Å². The number of phosphoric acid groups is 2. The van der Waals surface area contributed by atoms with Crippen LogP contribution in [-0.4, -0.2) is 95.9 Å². The fourth-order valence-corrected chi connectivity index (χ4v) is 10.1. The smallest absolute Gasteiger partial charge is 0.463 e. The number of aliphatic hydroxyl groups excluding tert-OH is 2. The fraction of sp³-hybridized carbons (Fsp3) is 0.769. The Hall–Kier alpha value is -3.01. The largest absolute Gasteiger partial charge is 0.472 e. The molecule has 0 bridgehead atoms. The number of phosphoric ester groups is 2. The Bertz CT molecular complexity index is 1820. The van der Waals surface area contributed by atoms with Crippen molar-refractivity contribution in [1.29, 1.82) is 0 Å². The SMILES string of the molecule is CC/C=C\C/C=C\C/C=C\C/C=C\C/C=C\C/C=C\CCCCC(=O)OCC(O)COP(=O)(O)OCC(O)COP(=O)(O)OCC(COC(=O)CCCCCCCCCCCCCCCCC)OC(=O)CCCCCCCCCCCCC. The Morgan fingerprint density at radius 3 is 1.01 bits per heavy atom. The van der Waals surface area contributed by atoms with Crippen molar-refractivity contribution in [1.82, 2.24) is 0 Å². The molecule has 0 aromatic carbocycles. The maximum absolute atomic E-state index is 12.8. The topological polar surface area (TPSA) is 231 Å². The number of carbonyl (C=O) groups excluding carboxylic acids is 3. The van der Waals surface area contributed by atoms with E-state index in [1.807, 2.05) is 0 Å². The van der Waals surface area contributed by atoms with Crippen LogP contribution in [0.15, 0.2) is 72.9 Å². The summed E-state index contributed by atoms with van der Waals surface area (Å²) in [4.78, 5) is 58.1. The molecule has 5 atom stereocenters. The molecule has 16 nitrogen and oxygen atoms in total. The molecule has 4 N–H and O–H groups in total. The quantitative estimate of drug-likeness (QED) is 0.0146. The van der Waals surface area contributed by atoms with Gasteiger partial charge >= 0.3 is 33.6 Å². The molecule has 0 amide bonds. The minimum Gasteiger partial charge on any atom is -0.463 e. The Labute approximate surface area is 503 Å². The molecule has 0 aromatic heterocycles. The first-order valence-corrected chi connectivity index (χ1v) is 35.2. The first kappa shape index (κ1) is 80.0. The molecule has 0 heterocycles. The molecule has 0 spiro atoms. The molecule has 0 radical (unpaired) electrons. The summed E-state index contributed by atoms with van der Waals surface area (Å²) < 4.78 is 60.7. The molecule has 0 fully saturated rings. The average molecular weight is 1220 g/mol. The summed E-state index contributed by atoms with van der Waals surface area (Å²) in [5.74, 6) is -1.60. The first-order chi connectivity index (χ1) is 40.2. The number of esters is 3. The van der Waals surface area contributed by atoms with Gasteiger partial charge in [-0.05, 0) is 70.6 Å². The van der Waals surface area contributed by atoms with E-state index in [1.54, 1.807) is 0 Å². The van der Waals surface area contributed by atoms with Crippen molar-refractivity contribution in [3.63, 3.8) is 0 Å². The van der Waals surface area contributed by atoms with Gasteiger partial charge in [0, 0.05) is 19.3 Å². The molecular formula is C65H116O16P2. The van der Waals surface area contributed by atoms with Crippen LogP contribution < -0.4 is 0 Å². The summed E-state index contributed by atoms with van der Waals surface area (Å²) in [5, 5.41) is 20.5. The summed E-state index contributed by atoms with van der Waals surface area (Å²) in [6, 6.07) is 0. The predicted octanol–water partition coefficient (Wildman–Crippen LogP) is 17.2. The van der Waals surface area contributed by atoms with Crippen LogP contribution in [0, 0.1) is 0 Å². The van der Waals surface area contributed by atoms with Crippen LogP contribution in [0.5, 0.6) is 0 Å². The summed E-state index contributed by atoms with van der Waals surface area (Å²) in [7, 11) is -9.76. The molecule has 18 heteroatoms. The molecule has 0 saturated carbocycles. The van der Waals surface area contributed by atoms with Crippen LogP contribution in [0.25, 0.3) is 0 Å². The summed E-state index contributed by atoms with van der Waals surface area (Å²) >= 11 is 0. The fourth-order valence-electron chi connectivity index (χ4n) is 8.51. The zero-order valence-electron chi connectivity index (χ0n) is 51.9. The van der Waals surface area contributed by atoms with E-state index in [0.717, 1.165) is 96.3 Å². The molecular weight excluding hydrogens is 1100 g/mol. The van der Waals surface area contributed by atoms with E-state index in [1.165, 1.54) is 109 Å². The Morgan fingerprint density at radius 2 is 0.639 bits per heavy atom. The zero-order valence-corrected chi connectivity index (χ0v) is 53.6. The Morgan fingerprint density at radius 1 is 0.349 bits per heavy atom. The second kappa shape index (κ2) is 59.3. The highest BCUT2D eigenvalue weighted by Gasteiger charge is 2.29. The Kier molecular flexibility index (Phi) is 57.2. The summed E-state index contributed by atoms with van der Waals surface area (Å²) in [6.07, 6.45) is 59.7. The van der Waals surface area contributed by atoms with Crippen LogP contribution >= 0.6 is 15.6 Å². The standard InChI is InChI=1S/C65H116O16P2/c1-4-7-10-13-16-19-22-24-26-27-28-29-30-31-33-35-37-39-42-45-48-51-63(68)75-54-60(66)55-77-82(71,72)78-56-61(67)57-79-83(73,74)80-59-62(81-65(70)53-50-47-44-41-36-21-18-15-12-9-6-3)58-76-64(69)52-49-46-43-40-38-34-32-25-23-20-17-14-11-8-5-2/h7,10,16,19,24,26,28-29,31,33,37,39,60-62,66-67H,4-6,8-9,11-15,17-18,20-23,25,27,30,32,34-36,38,40-59H2,1-3H3,(H,71,72)(H,73,74)/b10-7-,19-16-,26-24-,29-28-,33-31-,39-37-. The van der Waals surface area contributed by atoms with Crippen LogP contribution in [0.1, 0.15) is 265 Å². The lowest BCUT2D eigenvalue weighted by molar-refractivity contribution is -0.161. The van der Waals surface area contributed by atoms with Gasteiger partial charge in [0.2, 0.25) is 0 Å². The number of hydrogen-bond acceptors (Lipinski definition) is 14. The molecule has 0 aliphatic carbocycles. The van der Waals surface area contributed by atoms with Gasteiger partial charge in [-0.2, -0.15) is 0 Å². The maximum Gasteiger partial charge on any atom is 0.472 e. The van der Waals surface area contributed by atoms with Crippen molar-refractivity contribution in [3.05, 3.63) is 72.9 Å². The van der Waals surface area contributed by atoms with Gasteiger partial charge in [0.15, 0.2) is 6.10 Å². The van der Waals surface area contributed by atoms with E-state index in [0.29, 0.717) is 19.3 Å². The summed E-state index contributed by atoms with van der Waals surface area (Å²) in [5.41, 5.74) is 0. The monoisotopic (exact) mass is 1210 g/mol. The van der Waals surface area contributed by atoms with Crippen molar-refractivity contribution in [2.24, 2.45) is 0 Å². The van der Waals surface area contributed by atoms with Crippen molar-refractivity contribution < 1.29 is 75.8 Å².